The van der Waals surface area contributed by atoms with Crippen LogP contribution in [0.5, 0.6) is 69.0 Å². The lowest BCUT2D eigenvalue weighted by Crippen LogP contribution is -2.65. The monoisotopic (exact) mass is 1720 g/mol. The predicted octanol–water partition coefficient (Wildman–Crippen LogP) is 4.09. The predicted molar refractivity (Wildman–Crippen MR) is 423 cm³/mol. The molecule has 0 unspecified atom stereocenters. The smallest absolute Gasteiger partial charge is 0.330 e. The highest BCUT2D eigenvalue weighted by Crippen LogP contribution is 2.50. The number of nitrogens with one attached hydrogen (secondary N) is 8. The number of likely N-dealkylation sites (N-methyl/N-ethyl adjacent to an activating group) is 1. The molecule has 15 rings (SSSR count). The molecule has 2 saturated heterocycles. The van der Waals surface area contributed by atoms with Crippen molar-refractivity contribution in [3.8, 4) is 80.1 Å². The number of aromatic hydroxyl groups is 4. The summed E-state index contributed by atoms with van der Waals surface area (Å²) in [6.07, 6.45) is -14.4. The molecule has 0 spiro atoms. The topological polar surface area (TPSA) is 560 Å². The number of carbonyl (C=O) groups excluding carboxylic acids is 7. The number of carboxylic acid groups (broad SMARTS) is 1. The Bertz CT molecular complexity index is 5100. The number of aliphatic hydroxyl groups excluding tert-OH is 8. The van der Waals surface area contributed by atoms with Crippen LogP contribution in [0.25, 0.3) is 11.1 Å². The van der Waals surface area contributed by atoms with E-state index in [0.717, 1.165) is 105 Å². The lowest BCUT2D eigenvalue weighted by atomic mass is 9.89. The van der Waals surface area contributed by atoms with E-state index in [0.29, 0.717) is 24.3 Å². The maximum atomic E-state index is 16.7. The van der Waals surface area contributed by atoms with Crippen LogP contribution in [0, 0.1) is 5.92 Å². The van der Waals surface area contributed by atoms with Gasteiger partial charge in [-0.1, -0.05) is 106 Å². The van der Waals surface area contributed by atoms with Gasteiger partial charge >= 0.3 is 5.97 Å². The average Bonchev–Trinajstić information content (AvgIpc) is 0.758. The summed E-state index contributed by atoms with van der Waals surface area (Å²) in [6, 6.07) is 5.33. The van der Waals surface area contributed by atoms with Crippen molar-refractivity contribution in [2.75, 3.05) is 20.3 Å². The maximum absolute atomic E-state index is 16.7. The van der Waals surface area contributed by atoms with Gasteiger partial charge in [-0.25, -0.2) is 4.79 Å². The highest BCUT2D eigenvalue weighted by atomic mass is 35.5. The first-order chi connectivity index (χ1) is 57.8. The van der Waals surface area contributed by atoms with Crippen LogP contribution in [-0.4, -0.2) is 207 Å². The van der Waals surface area contributed by atoms with Crippen LogP contribution in [0.4, 0.5) is 0 Å². The molecule has 7 aromatic rings. The second kappa shape index (κ2) is 37.3. The van der Waals surface area contributed by atoms with Gasteiger partial charge in [-0.05, 0) is 120 Å². The van der Waals surface area contributed by atoms with Gasteiger partial charge in [-0.15, -0.1) is 0 Å². The van der Waals surface area contributed by atoms with Crippen LogP contribution in [0.2, 0.25) is 10.0 Å². The molecular weight excluding hydrogens is 1630 g/mol. The van der Waals surface area contributed by atoms with Crippen molar-refractivity contribution in [2.24, 2.45) is 5.92 Å². The number of phenolic OH excluding ortho intramolecular Hbond substituents is 4. The van der Waals surface area contributed by atoms with Gasteiger partial charge in [0.15, 0.2) is 29.0 Å². The fourth-order valence-corrected chi connectivity index (χ4v) is 15.7. The van der Waals surface area contributed by atoms with E-state index in [-0.39, 0.29) is 41.2 Å². The van der Waals surface area contributed by atoms with Crippen molar-refractivity contribution in [3.63, 3.8) is 0 Å². The number of benzene rings is 7. The summed E-state index contributed by atoms with van der Waals surface area (Å²) in [5.74, 6) is -16.4. The van der Waals surface area contributed by atoms with Crippen molar-refractivity contribution < 1.29 is 138 Å². The average molecular weight is 1720 g/mol. The number of fused-ring (bicyclic) bond motifs is 14. The molecule has 121 heavy (non-hydrogen) atoms. The third-order valence-electron chi connectivity index (χ3n) is 21.7. The van der Waals surface area contributed by atoms with E-state index in [1.54, 1.807) is 0 Å². The molecule has 0 aliphatic carbocycles. The lowest BCUT2D eigenvalue weighted by molar-refractivity contribution is -0.277. The third-order valence-corrected chi connectivity index (χ3v) is 22.4. The van der Waals surface area contributed by atoms with E-state index in [4.69, 9.17) is 56.4 Å². The Morgan fingerprint density at radius 1 is 0.529 bits per heavy atom. The zero-order valence-corrected chi connectivity index (χ0v) is 66.4. The Kier molecular flexibility index (Phi) is 27.0. The van der Waals surface area contributed by atoms with E-state index in [9.17, 15) is 80.8 Å². The largest absolute Gasteiger partial charge is 0.508 e. The number of halogens is 2. The Morgan fingerprint density at radius 3 is 1.83 bits per heavy atom. The number of hydrogen-bond donors (Lipinski definition) is 21. The van der Waals surface area contributed by atoms with Gasteiger partial charge in [0.1, 0.15) is 131 Å². The second-order valence-corrected chi connectivity index (χ2v) is 31.3. The molecule has 644 valence electrons. The van der Waals surface area contributed by atoms with Gasteiger partial charge in [-0.3, -0.25) is 33.6 Å². The zero-order valence-electron chi connectivity index (χ0n) is 64.9. The fraction of sp³-hybridized carbons (Fsp3) is 0.398. The first-order valence-corrected chi connectivity index (χ1v) is 39.7. The molecule has 21 N–H and O–H groups in total. The first kappa shape index (κ1) is 87.5. The number of carboxylic acids is 1. The van der Waals surface area contributed by atoms with Crippen LogP contribution in [0.15, 0.2) is 115 Å². The van der Waals surface area contributed by atoms with Crippen molar-refractivity contribution >= 4 is 70.5 Å². The van der Waals surface area contributed by atoms with E-state index >= 15 is 24.0 Å². The summed E-state index contributed by atoms with van der Waals surface area (Å²) in [4.78, 5) is 123. The Hall–Kier alpha value is -11.4. The molecule has 38 heteroatoms. The summed E-state index contributed by atoms with van der Waals surface area (Å²) in [7, 11) is 1.43. The summed E-state index contributed by atoms with van der Waals surface area (Å²) in [5.41, 5.74) is -3.05. The normalized spacial score (nSPS) is 26.7. The molecular formula is C83H90Cl2N8O28. The Morgan fingerprint density at radius 2 is 1.14 bits per heavy atom. The van der Waals surface area contributed by atoms with Gasteiger partial charge in [0, 0.05) is 47.2 Å². The number of aliphatic carboxylic acids is 1. The van der Waals surface area contributed by atoms with Crippen molar-refractivity contribution in [1.82, 2.24) is 42.5 Å². The summed E-state index contributed by atoms with van der Waals surface area (Å²) < 4.78 is 44.4. The molecule has 36 nitrogen and oxygen atoms in total. The Balaban J connectivity index is 1.03. The minimum atomic E-state index is -2.42. The lowest BCUT2D eigenvalue weighted by Gasteiger charge is -2.42. The maximum Gasteiger partial charge on any atom is 0.330 e. The molecule has 8 aliphatic heterocycles. The number of amides is 7. The molecule has 17 bridgehead atoms. The van der Waals surface area contributed by atoms with E-state index < -0.39 is 265 Å². The van der Waals surface area contributed by atoms with E-state index in [1.165, 1.54) is 49.5 Å². The fourth-order valence-electron chi connectivity index (χ4n) is 15.2. The van der Waals surface area contributed by atoms with E-state index in [1.807, 2.05) is 0 Å². The van der Waals surface area contributed by atoms with Crippen LogP contribution in [0.3, 0.4) is 0 Å². The highest BCUT2D eigenvalue weighted by Gasteiger charge is 2.50. The van der Waals surface area contributed by atoms with Crippen LogP contribution >= 0.6 is 23.2 Å². The Labute approximate surface area is 699 Å². The molecule has 8 heterocycles. The van der Waals surface area contributed by atoms with Gasteiger partial charge in [0.25, 0.3) is 0 Å². The van der Waals surface area contributed by atoms with Gasteiger partial charge < -0.3 is 142 Å². The van der Waals surface area contributed by atoms with Gasteiger partial charge in [0.2, 0.25) is 59.7 Å². The number of aliphatic hydroxyl groups is 8. The molecule has 0 radical (unpaired) electrons. The summed E-state index contributed by atoms with van der Waals surface area (Å²) >= 11 is 14.2. The summed E-state index contributed by atoms with van der Waals surface area (Å²) in [5, 5.41) is 168. The van der Waals surface area contributed by atoms with Crippen molar-refractivity contribution in [1.29, 1.82) is 0 Å². The second-order valence-electron chi connectivity index (χ2n) is 30.6. The van der Waals surface area contributed by atoms with Crippen LogP contribution in [0.1, 0.15) is 140 Å². The summed E-state index contributed by atoms with van der Waals surface area (Å²) in [6.45, 7) is 2.35. The number of hydrogen-bond acceptors (Lipinski definition) is 28. The van der Waals surface area contributed by atoms with Crippen LogP contribution in [-0.2, 0) is 54.3 Å². The molecule has 18 atom stereocenters. The van der Waals surface area contributed by atoms with Gasteiger partial charge in [0.05, 0.1) is 23.3 Å². The minimum absolute atomic E-state index is 0.0822. The van der Waals surface area contributed by atoms with Crippen LogP contribution < -0.4 is 66.2 Å². The third kappa shape index (κ3) is 19.1. The van der Waals surface area contributed by atoms with Gasteiger partial charge in [-0.2, -0.15) is 0 Å². The number of carbonyl (C=O) groups is 8. The number of unbranched alkanes of at least 4 members (excludes halogenated alkanes) is 5. The molecule has 0 aromatic heterocycles. The van der Waals surface area contributed by atoms with Crippen molar-refractivity contribution in [2.45, 2.75) is 181 Å². The zero-order chi connectivity index (χ0) is 86.7. The SMILES string of the molecule is CN[C@H]1C(=O)N[C@@H]2Cc3ccc(cc3)Oc3cc4cc(c3O[C@@H]3O[C@H](CO)[C@@H](O)[C@H](O)[C@H]3NC(=O)CCCCCCCCC(C)C)Oc3ccc(cc3Cl)[C@@H](O)[C@@H]3NC(=O)[C@H](NC(=O)[C@@H]4NC(=O)[C@@H](NC2=O)c2cc(cc(O)c2Cl)Oc2cc1ccc2O)c1ccc(O)c(c1)-c1c(O[C@H]2O[C@H](CO)[C@@H](O)[C@H](O)[C@@H]2O)cc(O)cc1[C@H](C(=O)O)NC3=O. The number of rotatable bonds is 18. The standard InChI is InChI=1S/C83H90Cl2N8O28/c1-34(2)10-8-6-4-5-7-9-11-58(100)88-67-71(104)69(102)56(32-94)119-82(67)121-74-54-26-39-27-55(74)117-51-21-16-38(24-46(51)84)68(101)66-80(112)92-65(81(113)114)44-28-40(96)29-53(118-83-73(106)72(105)70(103)57(33-95)120-83)59(44)43-23-36(14-19-48(43)97)62(77(109)93-66)89-78(110)63(39)90-79(111)64-45-30-42(31-50(99)60(45)85)116-52-25-37(15-20-49(52)98)61(86-3)76(108)87-47(75(107)91-64)22-35-12-17-41(115-54)18-13-35/h12-21,23-31,34,47,56-57,61-73,82-83,86,94-99,101-106H,4-11,22,32-33H2,1-3H3,(H,87,108)(H,88,100)(H,89,110)(H,90,111)(H,91,107)(H,92,112)(H,93,109)(H,113,114)/t47-,56-,57-,61-,62-,63-,64+,65-,66+,67-,68-,69-,70-,71-,72+,73+,82+,83+/m1/s1. The molecule has 0 saturated carbocycles. The highest BCUT2D eigenvalue weighted by molar-refractivity contribution is 6.33. The minimum Gasteiger partial charge on any atom is -0.508 e. The molecule has 2 fully saturated rings. The van der Waals surface area contributed by atoms with Crippen molar-refractivity contribution in [3.05, 3.63) is 164 Å². The first-order valence-electron chi connectivity index (χ1n) is 38.9. The number of ether oxygens (including phenoxy) is 7. The quantitative estimate of drug-likeness (QED) is 0.0538. The molecule has 8 aliphatic rings. The number of phenols is 4. The van der Waals surface area contributed by atoms with E-state index in [2.05, 4.69) is 56.4 Å². The molecule has 7 amide bonds. The molecule has 7 aromatic carbocycles.